The molecule has 0 saturated heterocycles. The van der Waals surface area contributed by atoms with E-state index in [0.29, 0.717) is 17.5 Å². The van der Waals surface area contributed by atoms with Gasteiger partial charge in [0.15, 0.2) is 0 Å². The lowest BCUT2D eigenvalue weighted by Gasteiger charge is -2.13. The molecule has 0 bridgehead atoms. The van der Waals surface area contributed by atoms with Gasteiger partial charge in [-0.2, -0.15) is 0 Å². The molecule has 20 heavy (non-hydrogen) atoms. The quantitative estimate of drug-likeness (QED) is 0.568. The molecule has 2 heterocycles. The fraction of sp³-hybridized carbons (Fsp3) is 0.400. The van der Waals surface area contributed by atoms with Gasteiger partial charge in [0.25, 0.3) is 0 Å². The third kappa shape index (κ3) is 3.11. The number of halogens is 2. The Balaban J connectivity index is 1.92. The van der Waals surface area contributed by atoms with Crippen molar-refractivity contribution in [1.82, 2.24) is 15.0 Å². The SMILES string of the molecule is Clc1nc(Cc2ccccn2)nc(C2CCCC2)c1I. The van der Waals surface area contributed by atoms with E-state index in [4.69, 9.17) is 16.6 Å². The predicted molar refractivity (Wildman–Crippen MR) is 88.0 cm³/mol. The molecule has 5 heteroatoms. The van der Waals surface area contributed by atoms with E-state index in [2.05, 4.69) is 32.6 Å². The minimum Gasteiger partial charge on any atom is -0.261 e. The maximum atomic E-state index is 6.28. The Morgan fingerprint density at radius 3 is 2.70 bits per heavy atom. The molecule has 1 fully saturated rings. The Morgan fingerprint density at radius 2 is 2.00 bits per heavy atom. The van der Waals surface area contributed by atoms with Crippen LogP contribution in [0.1, 0.15) is 48.8 Å². The summed E-state index contributed by atoms with van der Waals surface area (Å²) in [7, 11) is 0. The van der Waals surface area contributed by atoms with Crippen molar-refractivity contribution in [2.24, 2.45) is 0 Å². The monoisotopic (exact) mass is 399 g/mol. The van der Waals surface area contributed by atoms with E-state index in [0.717, 1.165) is 20.8 Å². The van der Waals surface area contributed by atoms with Gasteiger partial charge in [0, 0.05) is 17.8 Å². The third-order valence-electron chi connectivity index (χ3n) is 3.69. The first-order valence-corrected chi connectivity index (χ1v) is 8.31. The summed E-state index contributed by atoms with van der Waals surface area (Å²) in [6.07, 6.45) is 7.44. The van der Waals surface area contributed by atoms with Crippen LogP contribution in [0.5, 0.6) is 0 Å². The van der Waals surface area contributed by atoms with Crippen LogP contribution in [-0.2, 0) is 6.42 Å². The number of pyridine rings is 1. The van der Waals surface area contributed by atoms with E-state index in [1.54, 1.807) is 6.20 Å². The summed E-state index contributed by atoms with van der Waals surface area (Å²) in [6.45, 7) is 0. The summed E-state index contributed by atoms with van der Waals surface area (Å²) >= 11 is 8.55. The lowest BCUT2D eigenvalue weighted by molar-refractivity contribution is 0.680. The van der Waals surface area contributed by atoms with Gasteiger partial charge in [0.05, 0.1) is 15.7 Å². The molecule has 0 radical (unpaired) electrons. The molecule has 0 N–H and O–H groups in total. The average Bonchev–Trinajstić information content (AvgIpc) is 2.98. The first-order valence-electron chi connectivity index (χ1n) is 6.86. The molecular formula is C15H15ClIN3. The van der Waals surface area contributed by atoms with E-state index in [1.807, 2.05) is 18.2 Å². The van der Waals surface area contributed by atoms with Crippen LogP contribution in [0.25, 0.3) is 0 Å². The molecule has 0 aromatic carbocycles. The minimum absolute atomic E-state index is 0.546. The molecule has 3 nitrogen and oxygen atoms in total. The minimum atomic E-state index is 0.546. The zero-order valence-electron chi connectivity index (χ0n) is 11.0. The van der Waals surface area contributed by atoms with Gasteiger partial charge in [-0.1, -0.05) is 30.5 Å². The molecule has 3 rings (SSSR count). The van der Waals surface area contributed by atoms with Crippen molar-refractivity contribution in [3.8, 4) is 0 Å². The number of nitrogens with zero attached hydrogens (tertiary/aromatic N) is 3. The zero-order chi connectivity index (χ0) is 13.9. The maximum Gasteiger partial charge on any atom is 0.146 e. The summed E-state index contributed by atoms with van der Waals surface area (Å²) < 4.78 is 1.01. The Labute approximate surface area is 137 Å². The first kappa shape index (κ1) is 14.2. The molecule has 1 aliphatic rings. The van der Waals surface area contributed by atoms with Gasteiger partial charge < -0.3 is 0 Å². The highest BCUT2D eigenvalue weighted by Gasteiger charge is 2.23. The second-order valence-corrected chi connectivity index (χ2v) is 6.55. The predicted octanol–water partition coefficient (Wildman–Crippen LogP) is 4.38. The molecule has 0 spiro atoms. The van der Waals surface area contributed by atoms with E-state index in [1.165, 1.54) is 25.7 Å². The lowest BCUT2D eigenvalue weighted by atomic mass is 10.0. The molecule has 0 atom stereocenters. The number of aromatic nitrogens is 3. The van der Waals surface area contributed by atoms with Gasteiger partial charge in [0.1, 0.15) is 11.0 Å². The normalized spacial score (nSPS) is 15.7. The Hall–Kier alpha value is -0.750. The third-order valence-corrected chi connectivity index (χ3v) is 5.35. The summed E-state index contributed by atoms with van der Waals surface area (Å²) in [4.78, 5) is 13.5. The van der Waals surface area contributed by atoms with Gasteiger partial charge in [-0.15, -0.1) is 0 Å². The zero-order valence-corrected chi connectivity index (χ0v) is 13.9. The Morgan fingerprint density at radius 1 is 1.20 bits per heavy atom. The van der Waals surface area contributed by atoms with E-state index in [-0.39, 0.29) is 0 Å². The lowest BCUT2D eigenvalue weighted by Crippen LogP contribution is -2.08. The highest BCUT2D eigenvalue weighted by molar-refractivity contribution is 14.1. The van der Waals surface area contributed by atoms with Gasteiger partial charge in [0.2, 0.25) is 0 Å². The van der Waals surface area contributed by atoms with Crippen LogP contribution >= 0.6 is 34.2 Å². The Kier molecular flexibility index (Phi) is 4.51. The highest BCUT2D eigenvalue weighted by Crippen LogP contribution is 2.36. The van der Waals surface area contributed by atoms with Crippen molar-refractivity contribution in [3.63, 3.8) is 0 Å². The molecule has 1 saturated carbocycles. The molecule has 0 unspecified atom stereocenters. The molecular weight excluding hydrogens is 385 g/mol. The van der Waals surface area contributed by atoms with Gasteiger partial charge in [-0.25, -0.2) is 9.97 Å². The van der Waals surface area contributed by atoms with Crippen LogP contribution < -0.4 is 0 Å². The van der Waals surface area contributed by atoms with Crippen molar-refractivity contribution < 1.29 is 0 Å². The standard InChI is InChI=1S/C15H15ClIN3/c16-15-13(17)14(10-5-1-2-6-10)19-12(20-15)9-11-7-3-4-8-18-11/h3-4,7-8,10H,1-2,5-6,9H2. The highest BCUT2D eigenvalue weighted by atomic mass is 127. The maximum absolute atomic E-state index is 6.28. The molecule has 2 aromatic heterocycles. The van der Waals surface area contributed by atoms with Gasteiger partial charge >= 0.3 is 0 Å². The van der Waals surface area contributed by atoms with E-state index < -0.39 is 0 Å². The van der Waals surface area contributed by atoms with Crippen molar-refractivity contribution in [3.05, 3.63) is 50.3 Å². The second kappa shape index (κ2) is 6.35. The fourth-order valence-electron chi connectivity index (χ4n) is 2.69. The largest absolute Gasteiger partial charge is 0.261 e. The van der Waals surface area contributed by atoms with Crippen LogP contribution in [0.3, 0.4) is 0 Å². The molecule has 1 aliphatic carbocycles. The summed E-state index contributed by atoms with van der Waals surface area (Å²) in [6, 6.07) is 5.88. The van der Waals surface area contributed by atoms with Crippen LogP contribution in [-0.4, -0.2) is 15.0 Å². The Bertz CT molecular complexity index is 598. The van der Waals surface area contributed by atoms with Crippen molar-refractivity contribution in [2.45, 2.75) is 38.0 Å². The number of hydrogen-bond acceptors (Lipinski definition) is 3. The van der Waals surface area contributed by atoms with Crippen LogP contribution in [0.4, 0.5) is 0 Å². The first-order chi connectivity index (χ1) is 9.74. The summed E-state index contributed by atoms with van der Waals surface area (Å²) in [5.41, 5.74) is 2.11. The number of rotatable bonds is 3. The van der Waals surface area contributed by atoms with Crippen molar-refractivity contribution in [2.75, 3.05) is 0 Å². The average molecular weight is 400 g/mol. The fourth-order valence-corrected chi connectivity index (χ4v) is 3.57. The molecule has 0 aliphatic heterocycles. The van der Waals surface area contributed by atoms with Crippen LogP contribution in [0, 0.1) is 3.57 Å². The second-order valence-electron chi connectivity index (χ2n) is 5.11. The summed E-state index contributed by atoms with van der Waals surface area (Å²) in [5.74, 6) is 1.32. The van der Waals surface area contributed by atoms with E-state index >= 15 is 0 Å². The van der Waals surface area contributed by atoms with Crippen LogP contribution in [0.15, 0.2) is 24.4 Å². The van der Waals surface area contributed by atoms with Crippen LogP contribution in [0.2, 0.25) is 5.15 Å². The topological polar surface area (TPSA) is 38.7 Å². The molecule has 104 valence electrons. The molecule has 2 aromatic rings. The van der Waals surface area contributed by atoms with E-state index in [9.17, 15) is 0 Å². The van der Waals surface area contributed by atoms with Crippen molar-refractivity contribution >= 4 is 34.2 Å². The van der Waals surface area contributed by atoms with Gasteiger partial charge in [-0.05, 0) is 47.6 Å². The molecule has 0 amide bonds. The van der Waals surface area contributed by atoms with Crippen molar-refractivity contribution in [1.29, 1.82) is 0 Å². The number of hydrogen-bond donors (Lipinski definition) is 0. The smallest absolute Gasteiger partial charge is 0.146 e. The van der Waals surface area contributed by atoms with Gasteiger partial charge in [-0.3, -0.25) is 4.98 Å². The summed E-state index contributed by atoms with van der Waals surface area (Å²) in [5, 5.41) is 0.577.